The summed E-state index contributed by atoms with van der Waals surface area (Å²) >= 11 is 2.68. The van der Waals surface area contributed by atoms with Gasteiger partial charge in [0.05, 0.1) is 16.2 Å². The van der Waals surface area contributed by atoms with E-state index in [-0.39, 0.29) is 17.5 Å². The van der Waals surface area contributed by atoms with Gasteiger partial charge in [-0.3, -0.25) is 4.79 Å². The molecule has 1 aromatic carbocycles. The predicted molar refractivity (Wildman–Crippen MR) is 77.0 cm³/mol. The maximum Gasteiger partial charge on any atom is 0.234 e. The van der Waals surface area contributed by atoms with E-state index in [9.17, 15) is 9.18 Å². The van der Waals surface area contributed by atoms with E-state index in [4.69, 9.17) is 5.73 Å². The fourth-order valence-electron chi connectivity index (χ4n) is 1.34. The van der Waals surface area contributed by atoms with E-state index in [0.717, 1.165) is 4.21 Å². The number of benzene rings is 1. The molecule has 3 N–H and O–H groups in total. The average molecular weight is 297 g/mol. The van der Waals surface area contributed by atoms with Crippen molar-refractivity contribution < 1.29 is 9.18 Å². The number of aryl methyl sites for hydroxylation is 1. The highest BCUT2D eigenvalue weighted by molar-refractivity contribution is 8.01. The molecule has 0 spiro atoms. The number of nitrogens with two attached hydrogens (primary N) is 1. The summed E-state index contributed by atoms with van der Waals surface area (Å²) in [5.74, 6) is -0.294. The van der Waals surface area contributed by atoms with Crippen molar-refractivity contribution in [1.29, 1.82) is 0 Å². The Morgan fingerprint density at radius 3 is 3.00 bits per heavy atom. The fraction of sp³-hybridized carbons (Fsp3) is 0.167. The van der Waals surface area contributed by atoms with Crippen LogP contribution in [-0.2, 0) is 4.79 Å². The Hall–Kier alpha value is -1.60. The molecule has 4 nitrogen and oxygen atoms in total. The molecule has 2 rings (SSSR count). The Morgan fingerprint density at radius 1 is 1.58 bits per heavy atom. The second-order valence-electron chi connectivity index (χ2n) is 3.82. The lowest BCUT2D eigenvalue weighted by molar-refractivity contribution is -0.113. The van der Waals surface area contributed by atoms with Gasteiger partial charge in [-0.2, -0.15) is 0 Å². The number of rotatable bonds is 4. The van der Waals surface area contributed by atoms with Gasteiger partial charge in [-0.25, -0.2) is 9.37 Å². The van der Waals surface area contributed by atoms with Gasteiger partial charge in [0.1, 0.15) is 5.82 Å². The van der Waals surface area contributed by atoms with Crippen LogP contribution >= 0.6 is 23.1 Å². The maximum atomic E-state index is 13.3. The summed E-state index contributed by atoms with van der Waals surface area (Å²) in [5, 5.41) is 3.12. The van der Waals surface area contributed by atoms with E-state index in [1.54, 1.807) is 25.3 Å². The number of thiazole rings is 1. The Bertz CT molecular complexity index is 600. The minimum Gasteiger partial charge on any atom is -0.375 e. The van der Waals surface area contributed by atoms with Crippen LogP contribution in [0.2, 0.25) is 0 Å². The minimum atomic E-state index is -0.333. The van der Waals surface area contributed by atoms with Gasteiger partial charge in [-0.1, -0.05) is 17.4 Å². The molecule has 0 atom stereocenters. The third kappa shape index (κ3) is 3.93. The Balaban J connectivity index is 1.88. The summed E-state index contributed by atoms with van der Waals surface area (Å²) in [6.45, 7) is 1.67. The number of halogens is 1. The van der Waals surface area contributed by atoms with Gasteiger partial charge in [-0.05, 0) is 24.6 Å². The lowest BCUT2D eigenvalue weighted by atomic mass is 10.2. The van der Waals surface area contributed by atoms with E-state index in [1.807, 2.05) is 0 Å². The molecule has 1 aromatic heterocycles. The second-order valence-corrected chi connectivity index (χ2v) is 6.16. The summed E-state index contributed by atoms with van der Waals surface area (Å²) in [4.78, 5) is 15.6. The molecule has 0 radical (unpaired) electrons. The number of carbonyl (C=O) groups is 1. The lowest BCUT2D eigenvalue weighted by Crippen LogP contribution is -2.14. The topological polar surface area (TPSA) is 68.0 Å². The molecule has 0 aliphatic carbocycles. The SMILES string of the molecule is Cc1ccc(NC(=O)CSc2cnc(N)s2)cc1F. The smallest absolute Gasteiger partial charge is 0.234 e. The zero-order valence-corrected chi connectivity index (χ0v) is 11.8. The largest absolute Gasteiger partial charge is 0.375 e. The van der Waals surface area contributed by atoms with Crippen molar-refractivity contribution in [3.05, 3.63) is 35.8 Å². The molecule has 0 saturated carbocycles. The molecule has 0 saturated heterocycles. The summed E-state index contributed by atoms with van der Waals surface area (Å²) in [6.07, 6.45) is 1.63. The van der Waals surface area contributed by atoms with Gasteiger partial charge in [0.15, 0.2) is 5.13 Å². The van der Waals surface area contributed by atoms with Crippen molar-refractivity contribution in [2.24, 2.45) is 0 Å². The zero-order valence-electron chi connectivity index (χ0n) is 10.1. The number of nitrogen functional groups attached to an aromatic ring is 1. The van der Waals surface area contributed by atoms with E-state index >= 15 is 0 Å². The van der Waals surface area contributed by atoms with Crippen molar-refractivity contribution in [3.8, 4) is 0 Å². The Labute approximate surface area is 118 Å². The number of amides is 1. The van der Waals surface area contributed by atoms with Gasteiger partial charge in [0, 0.05) is 5.69 Å². The summed E-state index contributed by atoms with van der Waals surface area (Å²) in [5.41, 5.74) is 6.50. The van der Waals surface area contributed by atoms with Gasteiger partial charge < -0.3 is 11.1 Å². The first-order valence-corrected chi connectivity index (χ1v) is 7.25. The number of anilines is 2. The third-order valence-electron chi connectivity index (χ3n) is 2.30. The Morgan fingerprint density at radius 2 is 2.37 bits per heavy atom. The van der Waals surface area contributed by atoms with E-state index in [1.165, 1.54) is 29.2 Å². The number of hydrogen-bond donors (Lipinski definition) is 2. The van der Waals surface area contributed by atoms with Gasteiger partial charge in [0.25, 0.3) is 0 Å². The zero-order chi connectivity index (χ0) is 13.8. The first-order valence-electron chi connectivity index (χ1n) is 5.44. The van der Waals surface area contributed by atoms with Crippen molar-refractivity contribution in [3.63, 3.8) is 0 Å². The number of nitrogens with zero attached hydrogens (tertiary/aromatic N) is 1. The van der Waals surface area contributed by atoms with Crippen molar-refractivity contribution in [2.45, 2.75) is 11.1 Å². The van der Waals surface area contributed by atoms with Gasteiger partial charge in [-0.15, -0.1) is 11.8 Å². The summed E-state index contributed by atoms with van der Waals surface area (Å²) in [7, 11) is 0. The van der Waals surface area contributed by atoms with E-state index < -0.39 is 0 Å². The molecule has 0 aliphatic heterocycles. The molecule has 1 heterocycles. The van der Waals surface area contributed by atoms with Crippen molar-refractivity contribution >= 4 is 39.8 Å². The maximum absolute atomic E-state index is 13.3. The third-order valence-corrected chi connectivity index (χ3v) is 4.32. The second kappa shape index (κ2) is 6.03. The van der Waals surface area contributed by atoms with Crippen LogP contribution in [0.5, 0.6) is 0 Å². The molecule has 0 bridgehead atoms. The van der Waals surface area contributed by atoms with E-state index in [0.29, 0.717) is 16.4 Å². The van der Waals surface area contributed by atoms with Crippen LogP contribution in [0.25, 0.3) is 0 Å². The molecule has 100 valence electrons. The molecule has 1 amide bonds. The number of hydrogen-bond acceptors (Lipinski definition) is 5. The minimum absolute atomic E-state index is 0.194. The first kappa shape index (κ1) is 13.8. The van der Waals surface area contributed by atoms with Crippen molar-refractivity contribution in [2.75, 3.05) is 16.8 Å². The molecule has 7 heteroatoms. The standard InChI is InChI=1S/C12H12FN3OS2/c1-7-2-3-8(4-9(7)13)16-10(17)6-18-11-5-15-12(14)19-11/h2-5H,6H2,1H3,(H2,14,15)(H,16,17). The van der Waals surface area contributed by atoms with Crippen LogP contribution in [0.3, 0.4) is 0 Å². The average Bonchev–Trinajstić information content (AvgIpc) is 2.77. The summed E-state index contributed by atoms with van der Waals surface area (Å²) < 4.78 is 14.2. The highest BCUT2D eigenvalue weighted by atomic mass is 32.2. The Kier molecular flexibility index (Phi) is 4.39. The summed E-state index contributed by atoms with van der Waals surface area (Å²) in [6, 6.07) is 4.61. The molecule has 0 fully saturated rings. The monoisotopic (exact) mass is 297 g/mol. The van der Waals surface area contributed by atoms with Crippen molar-refractivity contribution in [1.82, 2.24) is 4.98 Å². The first-order chi connectivity index (χ1) is 9.04. The lowest BCUT2D eigenvalue weighted by Gasteiger charge is -2.05. The van der Waals surface area contributed by atoms with Gasteiger partial charge in [0.2, 0.25) is 5.91 Å². The number of nitrogens with one attached hydrogen (secondary N) is 1. The number of thioether (sulfide) groups is 1. The predicted octanol–water partition coefficient (Wildman–Crippen LogP) is 2.90. The molecule has 19 heavy (non-hydrogen) atoms. The van der Waals surface area contributed by atoms with E-state index in [2.05, 4.69) is 10.3 Å². The highest BCUT2D eigenvalue weighted by Gasteiger charge is 2.07. The number of aromatic nitrogens is 1. The van der Waals surface area contributed by atoms with Crippen LogP contribution in [0.1, 0.15) is 5.56 Å². The van der Waals surface area contributed by atoms with Crippen LogP contribution in [0.15, 0.2) is 28.6 Å². The van der Waals surface area contributed by atoms with Crippen LogP contribution in [0.4, 0.5) is 15.2 Å². The number of carbonyl (C=O) groups excluding carboxylic acids is 1. The normalized spacial score (nSPS) is 10.4. The molecule has 0 aliphatic rings. The van der Waals surface area contributed by atoms with Crippen LogP contribution in [0, 0.1) is 12.7 Å². The fourth-order valence-corrected chi connectivity index (χ4v) is 2.90. The molecular formula is C12H12FN3OS2. The quantitative estimate of drug-likeness (QED) is 0.851. The van der Waals surface area contributed by atoms with Crippen LogP contribution < -0.4 is 11.1 Å². The van der Waals surface area contributed by atoms with Gasteiger partial charge >= 0.3 is 0 Å². The highest BCUT2D eigenvalue weighted by Crippen LogP contribution is 2.26. The molecular weight excluding hydrogens is 285 g/mol. The molecule has 0 unspecified atom stereocenters. The molecule has 2 aromatic rings. The van der Waals surface area contributed by atoms with Crippen LogP contribution in [-0.4, -0.2) is 16.6 Å².